The Kier molecular flexibility index (Phi) is 7.86. The van der Waals surface area contributed by atoms with Crippen LogP contribution in [0.4, 0.5) is 0 Å². The van der Waals surface area contributed by atoms with Crippen LogP contribution in [0.3, 0.4) is 0 Å². The van der Waals surface area contributed by atoms with Gasteiger partial charge in [-0.25, -0.2) is 0 Å². The van der Waals surface area contributed by atoms with Crippen LogP contribution in [-0.2, 0) is 0 Å². The van der Waals surface area contributed by atoms with Gasteiger partial charge in [0.05, 0.1) is 0 Å². The maximum atomic E-state index is 11.5. The Morgan fingerprint density at radius 3 is 2.35 bits per heavy atom. The molecule has 1 aromatic carbocycles. The largest absolute Gasteiger partial charge is 0.378 e. The zero-order valence-electron chi connectivity index (χ0n) is 24.2. The average molecular weight is 523 g/mol. The van der Waals surface area contributed by atoms with Crippen molar-refractivity contribution < 1.29 is 5.11 Å². The number of aliphatic hydroxyl groups is 1. The summed E-state index contributed by atoms with van der Waals surface area (Å²) in [6.45, 7) is 12.6. The van der Waals surface area contributed by atoms with Gasteiger partial charge < -0.3 is 5.11 Å². The minimum atomic E-state index is -0.844. The van der Waals surface area contributed by atoms with Crippen molar-refractivity contribution in [3.63, 3.8) is 0 Å². The molecule has 0 unspecified atom stereocenters. The second-order valence-corrected chi connectivity index (χ2v) is 15.1. The van der Waals surface area contributed by atoms with Crippen LogP contribution in [0.1, 0.15) is 117 Å². The van der Waals surface area contributed by atoms with E-state index in [1.807, 2.05) is 24.3 Å². The van der Waals surface area contributed by atoms with Crippen molar-refractivity contribution in [3.05, 3.63) is 34.9 Å². The predicted octanol–water partition coefficient (Wildman–Crippen LogP) is 9.54. The fourth-order valence-corrected chi connectivity index (χ4v) is 10.2. The number of hydrogen-bond acceptors (Lipinski definition) is 1. The standard InChI is InChI=1S/C35H51ClO/c1-24(2)7-6-8-25(3)30-15-16-31-29-14-11-27-23-35(37,20-17-26-9-12-28(36)13-10-26)22-21-33(27,4)32(29)18-19-34(30,31)5/h9-10,12-13,24-25,27,29-32,37H,6-8,11,14-16,18-19,21-23H2,1-5H3/t25-,27-,29-,30+,31-,32-,33-,34+,35-/m0/s1. The van der Waals surface area contributed by atoms with Gasteiger partial charge in [-0.1, -0.05) is 77.3 Å². The monoisotopic (exact) mass is 522 g/mol. The molecule has 5 rings (SSSR count). The molecule has 0 aliphatic heterocycles. The van der Waals surface area contributed by atoms with E-state index in [1.54, 1.807) is 0 Å². The lowest BCUT2D eigenvalue weighted by atomic mass is 9.43. The first-order chi connectivity index (χ1) is 17.5. The number of hydrogen-bond donors (Lipinski definition) is 1. The average Bonchev–Trinajstić information content (AvgIpc) is 3.21. The zero-order valence-corrected chi connectivity index (χ0v) is 24.9. The van der Waals surface area contributed by atoms with Gasteiger partial charge in [-0.15, -0.1) is 0 Å². The molecule has 0 aromatic heterocycles. The summed E-state index contributed by atoms with van der Waals surface area (Å²) in [5.41, 5.74) is 1.03. The zero-order chi connectivity index (χ0) is 26.4. The van der Waals surface area contributed by atoms with E-state index in [0.717, 1.165) is 65.4 Å². The Balaban J connectivity index is 1.26. The van der Waals surface area contributed by atoms with Gasteiger partial charge in [0.1, 0.15) is 5.60 Å². The van der Waals surface area contributed by atoms with Crippen molar-refractivity contribution in [2.45, 2.75) is 117 Å². The Labute approximate surface area is 232 Å². The molecule has 1 aromatic rings. The second kappa shape index (κ2) is 10.5. The highest BCUT2D eigenvalue weighted by Gasteiger charge is 2.61. The maximum Gasteiger partial charge on any atom is 0.126 e. The van der Waals surface area contributed by atoms with Gasteiger partial charge in [-0.05, 0) is 134 Å². The molecular weight excluding hydrogens is 472 g/mol. The first-order valence-corrected chi connectivity index (χ1v) is 15.9. The summed E-state index contributed by atoms with van der Waals surface area (Å²) < 4.78 is 0. The fraction of sp³-hybridized carbons (Fsp3) is 0.771. The summed E-state index contributed by atoms with van der Waals surface area (Å²) in [5, 5.41) is 12.3. The Morgan fingerprint density at radius 1 is 0.892 bits per heavy atom. The Bertz CT molecular complexity index is 1000. The van der Waals surface area contributed by atoms with Gasteiger partial charge in [0.15, 0.2) is 0 Å². The summed E-state index contributed by atoms with van der Waals surface area (Å²) in [6, 6.07) is 7.67. The van der Waals surface area contributed by atoms with Crippen LogP contribution in [0.5, 0.6) is 0 Å². The molecule has 4 aliphatic rings. The Hall–Kier alpha value is -0.970. The molecule has 0 saturated heterocycles. The third-order valence-corrected chi connectivity index (χ3v) is 12.5. The molecule has 37 heavy (non-hydrogen) atoms. The highest BCUT2D eigenvalue weighted by Crippen LogP contribution is 2.68. The van der Waals surface area contributed by atoms with E-state index in [4.69, 9.17) is 11.6 Å². The van der Waals surface area contributed by atoms with Gasteiger partial charge in [0.25, 0.3) is 0 Å². The molecule has 0 amide bonds. The van der Waals surface area contributed by atoms with E-state index >= 15 is 0 Å². The van der Waals surface area contributed by atoms with Crippen LogP contribution in [0.25, 0.3) is 0 Å². The van der Waals surface area contributed by atoms with E-state index in [2.05, 4.69) is 46.5 Å². The molecule has 2 heteroatoms. The van der Waals surface area contributed by atoms with Crippen LogP contribution in [0.15, 0.2) is 24.3 Å². The predicted molar refractivity (Wildman–Crippen MR) is 156 cm³/mol. The summed E-state index contributed by atoms with van der Waals surface area (Å²) >= 11 is 6.03. The fourth-order valence-electron chi connectivity index (χ4n) is 10.1. The molecule has 0 heterocycles. The van der Waals surface area contributed by atoms with E-state index in [9.17, 15) is 5.11 Å². The molecule has 4 fully saturated rings. The maximum absolute atomic E-state index is 11.5. The van der Waals surface area contributed by atoms with E-state index in [1.165, 1.54) is 57.8 Å². The van der Waals surface area contributed by atoms with Crippen molar-refractivity contribution in [2.24, 2.45) is 52.3 Å². The lowest BCUT2D eigenvalue weighted by molar-refractivity contribution is -0.140. The molecule has 0 radical (unpaired) electrons. The van der Waals surface area contributed by atoms with E-state index < -0.39 is 5.60 Å². The summed E-state index contributed by atoms with van der Waals surface area (Å²) in [6.07, 6.45) is 15.5. The highest BCUT2D eigenvalue weighted by atomic mass is 35.5. The molecule has 204 valence electrons. The van der Waals surface area contributed by atoms with Crippen LogP contribution < -0.4 is 0 Å². The minimum absolute atomic E-state index is 0.374. The highest BCUT2D eigenvalue weighted by molar-refractivity contribution is 6.30. The molecule has 4 saturated carbocycles. The van der Waals surface area contributed by atoms with E-state index in [0.29, 0.717) is 16.7 Å². The lowest BCUT2D eigenvalue weighted by Gasteiger charge is -2.62. The summed E-state index contributed by atoms with van der Waals surface area (Å²) in [7, 11) is 0. The van der Waals surface area contributed by atoms with Crippen molar-refractivity contribution in [1.82, 2.24) is 0 Å². The molecule has 9 atom stereocenters. The molecular formula is C35H51ClO. The number of fused-ring (bicyclic) bond motifs is 5. The van der Waals surface area contributed by atoms with Crippen molar-refractivity contribution in [2.75, 3.05) is 0 Å². The minimum Gasteiger partial charge on any atom is -0.378 e. The topological polar surface area (TPSA) is 20.2 Å². The smallest absolute Gasteiger partial charge is 0.126 e. The van der Waals surface area contributed by atoms with Gasteiger partial charge >= 0.3 is 0 Å². The van der Waals surface area contributed by atoms with E-state index in [-0.39, 0.29) is 0 Å². The first kappa shape index (κ1) is 27.6. The van der Waals surface area contributed by atoms with Gasteiger partial charge in [-0.3, -0.25) is 0 Å². The van der Waals surface area contributed by atoms with Gasteiger partial charge in [-0.2, -0.15) is 0 Å². The van der Waals surface area contributed by atoms with Crippen molar-refractivity contribution in [3.8, 4) is 11.8 Å². The molecule has 1 nitrogen and oxygen atoms in total. The van der Waals surface area contributed by atoms with Crippen molar-refractivity contribution >= 4 is 11.6 Å². The van der Waals surface area contributed by atoms with Crippen LogP contribution in [0.2, 0.25) is 5.02 Å². The number of halogens is 1. The molecule has 1 N–H and O–H groups in total. The molecule has 0 bridgehead atoms. The van der Waals surface area contributed by atoms with Crippen molar-refractivity contribution in [1.29, 1.82) is 0 Å². The van der Waals surface area contributed by atoms with Gasteiger partial charge in [0.2, 0.25) is 0 Å². The summed E-state index contributed by atoms with van der Waals surface area (Å²) in [5.74, 6) is 12.5. The second-order valence-electron chi connectivity index (χ2n) is 14.7. The number of rotatable bonds is 5. The molecule has 4 aliphatic carbocycles. The SMILES string of the molecule is CC(C)CCC[C@H](C)[C@H]1CC[C@H]2[C@@H]3CC[C@H]4C[C@](O)(C#Cc5ccc(Cl)cc5)CC[C@]4(C)[C@H]3CC[C@]12C. The van der Waals surface area contributed by atoms with Crippen LogP contribution in [-0.4, -0.2) is 10.7 Å². The molecule has 0 spiro atoms. The summed E-state index contributed by atoms with van der Waals surface area (Å²) in [4.78, 5) is 0. The third kappa shape index (κ3) is 5.29. The van der Waals surface area contributed by atoms with Crippen LogP contribution >= 0.6 is 11.6 Å². The lowest BCUT2D eigenvalue weighted by Crippen LogP contribution is -2.55. The van der Waals surface area contributed by atoms with Gasteiger partial charge in [0, 0.05) is 10.6 Å². The third-order valence-electron chi connectivity index (χ3n) is 12.2. The number of benzene rings is 1. The van der Waals surface area contributed by atoms with Crippen LogP contribution in [0, 0.1) is 64.1 Å². The quantitative estimate of drug-likeness (QED) is 0.381. The first-order valence-electron chi connectivity index (χ1n) is 15.6. The normalized spacial score (nSPS) is 41.8. The Morgan fingerprint density at radius 2 is 1.62 bits per heavy atom.